The van der Waals surface area contributed by atoms with Gasteiger partial charge in [-0.25, -0.2) is 4.98 Å². The molecule has 1 N–H and O–H groups in total. The lowest BCUT2D eigenvalue weighted by atomic mass is 9.98. The molecule has 0 spiro atoms. The maximum Gasteiger partial charge on any atom is 0.251 e. The first-order valence-corrected chi connectivity index (χ1v) is 11.7. The van der Waals surface area contributed by atoms with Crippen LogP contribution < -0.4 is 10.1 Å². The van der Waals surface area contributed by atoms with Crippen LogP contribution in [-0.4, -0.2) is 35.4 Å². The molecule has 2 aromatic heterocycles. The van der Waals surface area contributed by atoms with Crippen LogP contribution in [0.25, 0.3) is 0 Å². The molecule has 152 valence electrons. The van der Waals surface area contributed by atoms with Crippen LogP contribution in [0.15, 0.2) is 52.7 Å². The molecular formula is C22H25N3O2S2. The van der Waals surface area contributed by atoms with Crippen LogP contribution in [-0.2, 0) is 13.2 Å². The van der Waals surface area contributed by atoms with E-state index in [1.165, 1.54) is 11.3 Å². The van der Waals surface area contributed by atoms with E-state index in [1.807, 2.05) is 34.9 Å². The van der Waals surface area contributed by atoms with Gasteiger partial charge in [-0.05, 0) is 54.9 Å². The van der Waals surface area contributed by atoms with Crippen LogP contribution in [0, 0.1) is 5.92 Å². The second-order valence-electron chi connectivity index (χ2n) is 7.33. The SMILES string of the molecule is O=C(NCC1CCCN(Cc2cccs2)C1)c1cccc(OCc2cscn2)c1. The highest BCUT2D eigenvalue weighted by molar-refractivity contribution is 7.09. The minimum Gasteiger partial charge on any atom is -0.487 e. The molecule has 0 aliphatic carbocycles. The van der Waals surface area contributed by atoms with Gasteiger partial charge in [0.15, 0.2) is 0 Å². The summed E-state index contributed by atoms with van der Waals surface area (Å²) in [5.74, 6) is 1.14. The van der Waals surface area contributed by atoms with E-state index in [0.717, 1.165) is 31.7 Å². The van der Waals surface area contributed by atoms with Crippen LogP contribution in [0.3, 0.4) is 0 Å². The quantitative estimate of drug-likeness (QED) is 0.578. The number of nitrogens with one attached hydrogen (secondary N) is 1. The van der Waals surface area contributed by atoms with Crippen LogP contribution in [0.1, 0.15) is 33.8 Å². The number of thiophene rings is 1. The predicted octanol–water partition coefficient (Wildman–Crippen LogP) is 4.43. The Morgan fingerprint density at radius 1 is 1.31 bits per heavy atom. The fraction of sp³-hybridized carbons (Fsp3) is 0.364. The number of likely N-dealkylation sites (tertiary alicyclic amines) is 1. The summed E-state index contributed by atoms with van der Waals surface area (Å²) >= 11 is 3.36. The molecule has 1 amide bonds. The summed E-state index contributed by atoms with van der Waals surface area (Å²) in [6.45, 7) is 4.32. The lowest BCUT2D eigenvalue weighted by Gasteiger charge is -2.32. The van der Waals surface area contributed by atoms with E-state index in [0.29, 0.717) is 30.4 Å². The number of rotatable bonds is 8. The van der Waals surface area contributed by atoms with Gasteiger partial charge in [0.05, 0.1) is 11.2 Å². The van der Waals surface area contributed by atoms with Crippen LogP contribution in [0.5, 0.6) is 5.75 Å². The summed E-state index contributed by atoms with van der Waals surface area (Å²) in [7, 11) is 0. The zero-order valence-electron chi connectivity index (χ0n) is 16.3. The van der Waals surface area contributed by atoms with Gasteiger partial charge in [-0.3, -0.25) is 9.69 Å². The number of hydrogen-bond donors (Lipinski definition) is 1. The van der Waals surface area contributed by atoms with E-state index < -0.39 is 0 Å². The van der Waals surface area contributed by atoms with Crippen molar-refractivity contribution in [3.8, 4) is 5.75 Å². The van der Waals surface area contributed by atoms with Crippen molar-refractivity contribution in [3.63, 3.8) is 0 Å². The molecule has 1 saturated heterocycles. The summed E-state index contributed by atoms with van der Waals surface area (Å²) in [4.78, 5) is 20.7. The second kappa shape index (κ2) is 10.0. The van der Waals surface area contributed by atoms with Crippen molar-refractivity contribution in [3.05, 3.63) is 68.8 Å². The van der Waals surface area contributed by atoms with Crippen LogP contribution >= 0.6 is 22.7 Å². The lowest BCUT2D eigenvalue weighted by molar-refractivity contribution is 0.0930. The topological polar surface area (TPSA) is 54.5 Å². The minimum absolute atomic E-state index is 0.0421. The molecule has 1 aliphatic heterocycles. The number of carbonyl (C=O) groups is 1. The highest BCUT2D eigenvalue weighted by Crippen LogP contribution is 2.20. The zero-order valence-corrected chi connectivity index (χ0v) is 17.9. The number of hydrogen-bond acceptors (Lipinski definition) is 6. The maximum absolute atomic E-state index is 12.6. The molecule has 3 aromatic rings. The van der Waals surface area contributed by atoms with Gasteiger partial charge in [0, 0.05) is 35.5 Å². The van der Waals surface area contributed by atoms with E-state index in [1.54, 1.807) is 22.9 Å². The summed E-state index contributed by atoms with van der Waals surface area (Å²) in [6.07, 6.45) is 2.35. The smallest absolute Gasteiger partial charge is 0.251 e. The van der Waals surface area contributed by atoms with Gasteiger partial charge < -0.3 is 10.1 Å². The third kappa shape index (κ3) is 5.88. The van der Waals surface area contributed by atoms with E-state index in [-0.39, 0.29) is 5.91 Å². The monoisotopic (exact) mass is 427 g/mol. The predicted molar refractivity (Wildman–Crippen MR) is 118 cm³/mol. The fourth-order valence-corrected chi connectivity index (χ4v) is 4.91. The first kappa shape index (κ1) is 20.1. The molecule has 3 heterocycles. The van der Waals surface area contributed by atoms with E-state index in [2.05, 4.69) is 32.7 Å². The van der Waals surface area contributed by atoms with Gasteiger partial charge in [0.2, 0.25) is 0 Å². The number of carbonyl (C=O) groups excluding carboxylic acids is 1. The molecule has 5 nitrogen and oxygen atoms in total. The Hall–Kier alpha value is -2.22. The van der Waals surface area contributed by atoms with E-state index in [4.69, 9.17) is 4.74 Å². The Balaban J connectivity index is 1.26. The number of ether oxygens (including phenoxy) is 1. The van der Waals surface area contributed by atoms with Crippen molar-refractivity contribution in [1.29, 1.82) is 0 Å². The number of aromatic nitrogens is 1. The van der Waals surface area contributed by atoms with E-state index in [9.17, 15) is 4.79 Å². The van der Waals surface area contributed by atoms with Crippen LogP contribution in [0.2, 0.25) is 0 Å². The molecule has 7 heteroatoms. The summed E-state index contributed by atoms with van der Waals surface area (Å²) in [5.41, 5.74) is 3.32. The Morgan fingerprint density at radius 2 is 2.28 bits per heavy atom. The van der Waals surface area contributed by atoms with Crippen molar-refractivity contribution in [2.24, 2.45) is 5.92 Å². The molecule has 1 unspecified atom stereocenters. The molecular weight excluding hydrogens is 402 g/mol. The van der Waals surface area contributed by atoms with Gasteiger partial charge in [0.25, 0.3) is 5.91 Å². The highest BCUT2D eigenvalue weighted by atomic mass is 32.1. The van der Waals surface area contributed by atoms with Gasteiger partial charge in [-0.1, -0.05) is 12.1 Å². The molecule has 1 aliphatic rings. The lowest BCUT2D eigenvalue weighted by Crippen LogP contribution is -2.40. The number of benzene rings is 1. The Labute approximate surface area is 179 Å². The molecule has 1 atom stereocenters. The molecule has 0 bridgehead atoms. The van der Waals surface area contributed by atoms with Crippen molar-refractivity contribution in [2.75, 3.05) is 19.6 Å². The normalized spacial score (nSPS) is 17.2. The fourth-order valence-electron chi connectivity index (χ4n) is 3.62. The van der Waals surface area contributed by atoms with Gasteiger partial charge in [-0.2, -0.15) is 0 Å². The Morgan fingerprint density at radius 3 is 3.10 bits per heavy atom. The number of amides is 1. The molecule has 1 fully saturated rings. The second-order valence-corrected chi connectivity index (χ2v) is 9.08. The minimum atomic E-state index is -0.0421. The molecule has 0 radical (unpaired) electrons. The average Bonchev–Trinajstić information content (AvgIpc) is 3.45. The van der Waals surface area contributed by atoms with Gasteiger partial charge >= 0.3 is 0 Å². The highest BCUT2D eigenvalue weighted by Gasteiger charge is 2.21. The molecule has 4 rings (SSSR count). The number of thiazole rings is 1. The molecule has 0 saturated carbocycles. The largest absolute Gasteiger partial charge is 0.487 e. The van der Waals surface area contributed by atoms with Crippen molar-refractivity contribution in [1.82, 2.24) is 15.2 Å². The molecule has 29 heavy (non-hydrogen) atoms. The van der Waals surface area contributed by atoms with Gasteiger partial charge in [-0.15, -0.1) is 22.7 Å². The van der Waals surface area contributed by atoms with Crippen molar-refractivity contribution < 1.29 is 9.53 Å². The third-order valence-corrected chi connectivity index (χ3v) is 6.58. The Bertz CT molecular complexity index is 897. The zero-order chi connectivity index (χ0) is 19.9. The Kier molecular flexibility index (Phi) is 6.92. The standard InChI is InChI=1S/C22H25N3O2S2/c26-22(18-5-1-6-20(10-18)27-14-19-15-28-16-24-19)23-11-17-4-2-8-25(12-17)13-21-7-3-9-29-21/h1,3,5-7,9-10,15-17H,2,4,8,11-14H2,(H,23,26). The molecule has 1 aromatic carbocycles. The number of piperidine rings is 1. The average molecular weight is 428 g/mol. The van der Waals surface area contributed by atoms with Gasteiger partial charge in [0.1, 0.15) is 12.4 Å². The summed E-state index contributed by atoms with van der Waals surface area (Å²) in [6, 6.07) is 11.7. The van der Waals surface area contributed by atoms with Crippen LogP contribution in [0.4, 0.5) is 0 Å². The first-order chi connectivity index (χ1) is 14.3. The van der Waals surface area contributed by atoms with Crippen molar-refractivity contribution >= 4 is 28.6 Å². The first-order valence-electron chi connectivity index (χ1n) is 9.89. The van der Waals surface area contributed by atoms with Crippen molar-refractivity contribution in [2.45, 2.75) is 26.0 Å². The summed E-state index contributed by atoms with van der Waals surface area (Å²) < 4.78 is 5.76. The third-order valence-electron chi connectivity index (χ3n) is 5.08. The summed E-state index contributed by atoms with van der Waals surface area (Å²) in [5, 5.41) is 7.21. The van der Waals surface area contributed by atoms with E-state index >= 15 is 0 Å². The maximum atomic E-state index is 12.6. The number of nitrogens with zero attached hydrogens (tertiary/aromatic N) is 2.